The molecule has 0 saturated carbocycles. The molecule has 27 heavy (non-hydrogen) atoms. The Hall–Kier alpha value is -3.21. The zero-order valence-corrected chi connectivity index (χ0v) is 15.5. The van der Waals surface area contributed by atoms with E-state index in [9.17, 15) is 4.79 Å². The smallest absolute Gasteiger partial charge is 0.321 e. The van der Waals surface area contributed by atoms with Gasteiger partial charge < -0.3 is 19.7 Å². The van der Waals surface area contributed by atoms with E-state index in [0.717, 1.165) is 37.6 Å². The van der Waals surface area contributed by atoms with E-state index in [-0.39, 0.29) is 6.03 Å². The van der Waals surface area contributed by atoms with E-state index in [0.29, 0.717) is 0 Å². The van der Waals surface area contributed by atoms with Crippen molar-refractivity contribution in [3.63, 3.8) is 0 Å². The molecular formula is C22H24N4O. The van der Waals surface area contributed by atoms with Crippen LogP contribution in [0.1, 0.15) is 5.56 Å². The van der Waals surface area contributed by atoms with Crippen LogP contribution in [0.25, 0.3) is 5.69 Å². The van der Waals surface area contributed by atoms with Crippen molar-refractivity contribution in [2.75, 3.05) is 36.4 Å². The van der Waals surface area contributed by atoms with Crippen LogP contribution in [0.15, 0.2) is 73.1 Å². The summed E-state index contributed by atoms with van der Waals surface area (Å²) in [6, 6.07) is 20.4. The highest BCUT2D eigenvalue weighted by Gasteiger charge is 2.21. The van der Waals surface area contributed by atoms with Gasteiger partial charge in [0.05, 0.1) is 0 Å². The van der Waals surface area contributed by atoms with Crippen LogP contribution in [0.5, 0.6) is 0 Å². The number of piperazine rings is 1. The SMILES string of the molecule is Cc1cccc(N2CCN(C(=O)Nc3ccc(-n4cccc4)cc3)CC2)c1. The van der Waals surface area contributed by atoms with Crippen LogP contribution < -0.4 is 10.2 Å². The molecule has 1 saturated heterocycles. The van der Waals surface area contributed by atoms with Gasteiger partial charge in [-0.1, -0.05) is 12.1 Å². The summed E-state index contributed by atoms with van der Waals surface area (Å²) in [5, 5.41) is 3.01. The van der Waals surface area contributed by atoms with E-state index in [1.807, 2.05) is 58.3 Å². The van der Waals surface area contributed by atoms with E-state index in [2.05, 4.69) is 41.4 Å². The van der Waals surface area contributed by atoms with E-state index >= 15 is 0 Å². The summed E-state index contributed by atoms with van der Waals surface area (Å²) in [6.07, 6.45) is 4.00. The molecule has 5 nitrogen and oxygen atoms in total. The number of aromatic nitrogens is 1. The number of nitrogens with zero attached hydrogens (tertiary/aromatic N) is 3. The zero-order valence-electron chi connectivity index (χ0n) is 15.5. The standard InChI is InChI=1S/C22H24N4O/c1-18-5-4-6-21(17-18)25-13-15-26(16-14-25)22(27)23-19-7-9-20(10-8-19)24-11-2-3-12-24/h2-12,17H,13-16H2,1H3,(H,23,27). The fraction of sp³-hybridized carbons (Fsp3) is 0.227. The van der Waals surface area contributed by atoms with Gasteiger partial charge in [0.25, 0.3) is 0 Å². The maximum absolute atomic E-state index is 12.6. The molecular weight excluding hydrogens is 336 g/mol. The number of nitrogens with one attached hydrogen (secondary N) is 1. The van der Waals surface area contributed by atoms with Crippen LogP contribution in [0.2, 0.25) is 0 Å². The molecule has 1 aliphatic rings. The normalized spacial score (nSPS) is 14.3. The first kappa shape index (κ1) is 17.2. The number of aryl methyl sites for hydroxylation is 1. The molecule has 2 aromatic carbocycles. The number of hydrogen-bond donors (Lipinski definition) is 1. The van der Waals surface area contributed by atoms with Crippen LogP contribution in [0, 0.1) is 6.92 Å². The average molecular weight is 360 g/mol. The van der Waals surface area contributed by atoms with Crippen molar-refractivity contribution in [2.24, 2.45) is 0 Å². The van der Waals surface area contributed by atoms with Crippen molar-refractivity contribution in [2.45, 2.75) is 6.92 Å². The summed E-state index contributed by atoms with van der Waals surface area (Å²) in [4.78, 5) is 16.8. The van der Waals surface area contributed by atoms with Gasteiger partial charge in [0, 0.05) is 55.6 Å². The quantitative estimate of drug-likeness (QED) is 0.763. The first-order valence-corrected chi connectivity index (χ1v) is 9.30. The Morgan fingerprint density at radius 2 is 1.56 bits per heavy atom. The number of benzene rings is 2. The second-order valence-corrected chi connectivity index (χ2v) is 6.88. The summed E-state index contributed by atoms with van der Waals surface area (Å²) in [7, 11) is 0. The first-order valence-electron chi connectivity index (χ1n) is 9.30. The second kappa shape index (κ2) is 7.58. The molecule has 0 unspecified atom stereocenters. The highest BCUT2D eigenvalue weighted by Crippen LogP contribution is 2.19. The lowest BCUT2D eigenvalue weighted by atomic mass is 10.2. The third-order valence-corrected chi connectivity index (χ3v) is 4.95. The molecule has 1 aromatic heterocycles. The highest BCUT2D eigenvalue weighted by molar-refractivity contribution is 5.89. The number of urea groups is 1. The number of amides is 2. The van der Waals surface area contributed by atoms with Crippen molar-refractivity contribution in [3.8, 4) is 5.69 Å². The largest absolute Gasteiger partial charge is 0.368 e. The van der Waals surface area contributed by atoms with Crippen LogP contribution in [0.3, 0.4) is 0 Å². The summed E-state index contributed by atoms with van der Waals surface area (Å²) < 4.78 is 2.04. The molecule has 0 radical (unpaired) electrons. The van der Waals surface area contributed by atoms with E-state index in [1.165, 1.54) is 11.3 Å². The van der Waals surface area contributed by atoms with Gasteiger partial charge in [0.2, 0.25) is 0 Å². The Morgan fingerprint density at radius 1 is 0.852 bits per heavy atom. The lowest BCUT2D eigenvalue weighted by molar-refractivity contribution is 0.208. The van der Waals surface area contributed by atoms with E-state index in [4.69, 9.17) is 0 Å². The Kier molecular flexibility index (Phi) is 4.83. The molecule has 1 fully saturated rings. The average Bonchev–Trinajstić information content (AvgIpc) is 3.23. The molecule has 0 atom stereocenters. The molecule has 4 rings (SSSR count). The van der Waals surface area contributed by atoms with Crippen molar-refractivity contribution < 1.29 is 4.79 Å². The minimum absolute atomic E-state index is 0.0346. The minimum Gasteiger partial charge on any atom is -0.368 e. The molecule has 1 N–H and O–H groups in total. The Morgan fingerprint density at radius 3 is 2.22 bits per heavy atom. The fourth-order valence-electron chi connectivity index (χ4n) is 3.42. The Bertz CT molecular complexity index is 894. The molecule has 0 aliphatic carbocycles. The minimum atomic E-state index is -0.0346. The third kappa shape index (κ3) is 3.97. The lowest BCUT2D eigenvalue weighted by Crippen LogP contribution is -2.50. The van der Waals surface area contributed by atoms with Crippen molar-refractivity contribution >= 4 is 17.4 Å². The number of hydrogen-bond acceptors (Lipinski definition) is 2. The first-order chi connectivity index (χ1) is 13.2. The molecule has 2 heterocycles. The lowest BCUT2D eigenvalue weighted by Gasteiger charge is -2.36. The van der Waals surface area contributed by atoms with Gasteiger partial charge in [-0.05, 0) is 61.0 Å². The Balaban J connectivity index is 1.33. The van der Waals surface area contributed by atoms with Crippen LogP contribution in [-0.4, -0.2) is 41.7 Å². The zero-order chi connectivity index (χ0) is 18.6. The molecule has 2 amide bonds. The molecule has 5 heteroatoms. The maximum Gasteiger partial charge on any atom is 0.321 e. The van der Waals surface area contributed by atoms with Gasteiger partial charge in [-0.2, -0.15) is 0 Å². The molecule has 3 aromatic rings. The topological polar surface area (TPSA) is 40.5 Å². The molecule has 1 aliphatic heterocycles. The number of rotatable bonds is 3. The Labute approximate surface area is 159 Å². The second-order valence-electron chi connectivity index (χ2n) is 6.88. The van der Waals surface area contributed by atoms with Crippen molar-refractivity contribution in [1.82, 2.24) is 9.47 Å². The summed E-state index contributed by atoms with van der Waals surface area (Å²) in [5.41, 5.74) is 4.38. The summed E-state index contributed by atoms with van der Waals surface area (Å²) in [5.74, 6) is 0. The number of carbonyl (C=O) groups is 1. The predicted molar refractivity (Wildman–Crippen MR) is 110 cm³/mol. The van der Waals surface area contributed by atoms with Gasteiger partial charge in [-0.3, -0.25) is 0 Å². The summed E-state index contributed by atoms with van der Waals surface area (Å²) >= 11 is 0. The maximum atomic E-state index is 12.6. The van der Waals surface area contributed by atoms with Crippen molar-refractivity contribution in [1.29, 1.82) is 0 Å². The predicted octanol–water partition coefficient (Wildman–Crippen LogP) is 4.14. The van der Waals surface area contributed by atoms with Gasteiger partial charge in [0.15, 0.2) is 0 Å². The van der Waals surface area contributed by atoms with Gasteiger partial charge in [0.1, 0.15) is 0 Å². The number of anilines is 2. The van der Waals surface area contributed by atoms with Gasteiger partial charge in [-0.25, -0.2) is 4.79 Å². The van der Waals surface area contributed by atoms with Crippen LogP contribution >= 0.6 is 0 Å². The third-order valence-electron chi connectivity index (χ3n) is 4.95. The fourth-order valence-corrected chi connectivity index (χ4v) is 3.42. The van der Waals surface area contributed by atoms with Crippen molar-refractivity contribution in [3.05, 3.63) is 78.6 Å². The van der Waals surface area contributed by atoms with E-state index < -0.39 is 0 Å². The van der Waals surface area contributed by atoms with Crippen LogP contribution in [-0.2, 0) is 0 Å². The summed E-state index contributed by atoms with van der Waals surface area (Å²) in [6.45, 7) is 5.25. The monoisotopic (exact) mass is 360 g/mol. The van der Waals surface area contributed by atoms with Gasteiger partial charge >= 0.3 is 6.03 Å². The van der Waals surface area contributed by atoms with E-state index in [1.54, 1.807) is 0 Å². The highest BCUT2D eigenvalue weighted by atomic mass is 16.2. The number of carbonyl (C=O) groups excluding carboxylic acids is 1. The van der Waals surface area contributed by atoms with Gasteiger partial charge in [-0.15, -0.1) is 0 Å². The van der Waals surface area contributed by atoms with Crippen LogP contribution in [0.4, 0.5) is 16.2 Å². The molecule has 0 bridgehead atoms. The molecule has 0 spiro atoms. The molecule has 138 valence electrons.